The molecule has 1 unspecified atom stereocenters. The largest absolute Gasteiger partial charge is 0.471 e. The van der Waals surface area contributed by atoms with Gasteiger partial charge in [0.15, 0.2) is 10.8 Å². The lowest BCUT2D eigenvalue weighted by molar-refractivity contribution is 0.0981. The van der Waals surface area contributed by atoms with Crippen molar-refractivity contribution in [2.45, 2.75) is 44.4 Å². The number of hydrogen-bond donors (Lipinski definition) is 1. The summed E-state index contributed by atoms with van der Waals surface area (Å²) >= 11 is 0. The Bertz CT molecular complexity index is 1590. The van der Waals surface area contributed by atoms with Gasteiger partial charge in [0.2, 0.25) is 5.88 Å². The molecule has 4 heterocycles. The van der Waals surface area contributed by atoms with Gasteiger partial charge in [0.25, 0.3) is 15.9 Å². The van der Waals surface area contributed by atoms with Crippen LogP contribution in [0.15, 0.2) is 82.5 Å². The molecule has 1 amide bonds. The molecule has 1 aliphatic heterocycles. The van der Waals surface area contributed by atoms with E-state index in [2.05, 4.69) is 45.5 Å². The summed E-state index contributed by atoms with van der Waals surface area (Å²) in [6.07, 6.45) is 2.53. The van der Waals surface area contributed by atoms with E-state index in [0.717, 1.165) is 18.5 Å². The molecule has 11 heteroatoms. The van der Waals surface area contributed by atoms with Gasteiger partial charge in [0, 0.05) is 36.0 Å². The lowest BCUT2D eigenvalue weighted by Crippen LogP contribution is -2.41. The van der Waals surface area contributed by atoms with Crippen LogP contribution in [0.25, 0.3) is 11.3 Å². The lowest BCUT2D eigenvalue weighted by atomic mass is 9.97. The molecule has 0 bridgehead atoms. The molecular formula is C28H29N5O5S. The number of amides is 1. The molecule has 1 atom stereocenters. The van der Waals surface area contributed by atoms with Crippen LogP contribution in [0.1, 0.15) is 43.2 Å². The van der Waals surface area contributed by atoms with E-state index < -0.39 is 15.9 Å². The maximum Gasteiger partial charge on any atom is 0.281 e. The van der Waals surface area contributed by atoms with Gasteiger partial charge < -0.3 is 14.2 Å². The third kappa shape index (κ3) is 5.78. The van der Waals surface area contributed by atoms with Crippen LogP contribution < -0.4 is 14.4 Å². The first-order valence-corrected chi connectivity index (χ1v) is 14.0. The number of carbonyl (C=O) groups excluding carboxylic acids is 1. The average Bonchev–Trinajstić information content (AvgIpc) is 3.50. The number of aromatic nitrogens is 3. The zero-order chi connectivity index (χ0) is 27.6. The van der Waals surface area contributed by atoms with E-state index in [1.807, 2.05) is 30.3 Å². The molecule has 0 saturated carbocycles. The summed E-state index contributed by atoms with van der Waals surface area (Å²) in [7, 11) is -4.30. The lowest BCUT2D eigenvalue weighted by Gasteiger charge is -2.33. The van der Waals surface area contributed by atoms with Crippen molar-refractivity contribution in [3.8, 4) is 17.2 Å². The summed E-state index contributed by atoms with van der Waals surface area (Å²) in [5.41, 5.74) is 1.34. The molecule has 10 nitrogen and oxygen atoms in total. The Labute approximate surface area is 227 Å². The monoisotopic (exact) mass is 547 g/mol. The van der Waals surface area contributed by atoms with Gasteiger partial charge in [-0.25, -0.2) is 9.71 Å². The molecule has 4 aromatic rings. The smallest absolute Gasteiger partial charge is 0.281 e. The average molecular weight is 548 g/mol. The second-order valence-corrected chi connectivity index (χ2v) is 11.8. The minimum absolute atomic E-state index is 0.0162. The number of sulfonamides is 1. The third-order valence-corrected chi connectivity index (χ3v) is 7.78. The summed E-state index contributed by atoms with van der Waals surface area (Å²) in [6, 6.07) is 18.7. The number of carbonyl (C=O) groups is 1. The molecule has 202 valence electrons. The van der Waals surface area contributed by atoms with E-state index in [4.69, 9.17) is 9.26 Å². The van der Waals surface area contributed by atoms with Crippen LogP contribution in [0.2, 0.25) is 0 Å². The Kier molecular flexibility index (Phi) is 7.09. The number of benzene rings is 1. The molecule has 3 aromatic heterocycles. The molecule has 5 rings (SSSR count). The summed E-state index contributed by atoms with van der Waals surface area (Å²) in [5, 5.41) is 3.65. The number of nitrogens with one attached hydrogen (secondary N) is 1. The Morgan fingerprint density at radius 2 is 1.92 bits per heavy atom. The predicted molar refractivity (Wildman–Crippen MR) is 145 cm³/mol. The number of hydrogen-bond acceptors (Lipinski definition) is 9. The van der Waals surface area contributed by atoms with Gasteiger partial charge in [-0.05, 0) is 44.4 Å². The maximum atomic E-state index is 13.2. The van der Waals surface area contributed by atoms with Crippen molar-refractivity contribution in [3.05, 3.63) is 84.2 Å². The summed E-state index contributed by atoms with van der Waals surface area (Å²) in [5.74, 6) is 0.729. The normalized spacial score (nSPS) is 16.7. The predicted octanol–water partition coefficient (Wildman–Crippen LogP) is 4.45. The van der Waals surface area contributed by atoms with Gasteiger partial charge >= 0.3 is 0 Å². The Morgan fingerprint density at radius 3 is 2.67 bits per heavy atom. The van der Waals surface area contributed by atoms with Crippen LogP contribution in [-0.4, -0.2) is 41.5 Å². The van der Waals surface area contributed by atoms with E-state index in [-0.39, 0.29) is 28.6 Å². The highest BCUT2D eigenvalue weighted by molar-refractivity contribution is 7.90. The van der Waals surface area contributed by atoms with Crippen molar-refractivity contribution in [1.82, 2.24) is 19.8 Å². The zero-order valence-corrected chi connectivity index (χ0v) is 22.7. The molecule has 39 heavy (non-hydrogen) atoms. The molecule has 0 aliphatic carbocycles. The Morgan fingerprint density at radius 1 is 1.13 bits per heavy atom. The maximum absolute atomic E-state index is 13.2. The number of nitrogens with zero attached hydrogens (tertiary/aromatic N) is 4. The van der Waals surface area contributed by atoms with Gasteiger partial charge in [-0.3, -0.25) is 4.79 Å². The summed E-state index contributed by atoms with van der Waals surface area (Å²) in [6.45, 7) is 7.04. The third-order valence-electron chi connectivity index (χ3n) is 6.55. The Hall–Kier alpha value is -4.25. The summed E-state index contributed by atoms with van der Waals surface area (Å²) in [4.78, 5) is 23.8. The molecule has 1 saturated heterocycles. The van der Waals surface area contributed by atoms with E-state index in [1.54, 1.807) is 24.4 Å². The van der Waals surface area contributed by atoms with E-state index in [9.17, 15) is 13.2 Å². The molecule has 1 fully saturated rings. The number of anilines is 1. The Balaban J connectivity index is 1.29. The second kappa shape index (κ2) is 10.5. The van der Waals surface area contributed by atoms with Crippen LogP contribution in [0, 0.1) is 5.92 Å². The minimum Gasteiger partial charge on any atom is -0.471 e. The first-order chi connectivity index (χ1) is 18.6. The molecule has 1 aromatic carbocycles. The molecule has 1 N–H and O–H groups in total. The van der Waals surface area contributed by atoms with Gasteiger partial charge in [-0.15, -0.1) is 0 Å². The molecular weight excluding hydrogens is 518 g/mol. The van der Waals surface area contributed by atoms with Crippen molar-refractivity contribution < 1.29 is 22.5 Å². The SMILES string of the molecule is CC1CN(c2ncccc2C(=O)NS(=O)(=O)c2cccc(OCc3cc(-c4ccccc4)on3)n2)C(C)(C)C1. The topological polar surface area (TPSA) is 128 Å². The highest BCUT2D eigenvalue weighted by Gasteiger charge is 2.39. The standard InChI is InChI=1S/C28H29N5O5S/c1-19-16-28(2,3)33(17-19)26-22(11-8-14-29-26)27(34)32-39(35,36)25-13-7-12-24(30-25)37-18-21-15-23(38-31-21)20-9-5-4-6-10-20/h4-15,19H,16-18H2,1-3H3,(H,32,34). The first kappa shape index (κ1) is 26.4. The van der Waals surface area contributed by atoms with Crippen LogP contribution in [-0.2, 0) is 16.6 Å². The molecule has 0 spiro atoms. The van der Waals surface area contributed by atoms with Crippen molar-refractivity contribution in [2.24, 2.45) is 5.92 Å². The van der Waals surface area contributed by atoms with Crippen molar-refractivity contribution in [3.63, 3.8) is 0 Å². The van der Waals surface area contributed by atoms with Gasteiger partial charge in [0.05, 0.1) is 5.56 Å². The van der Waals surface area contributed by atoms with Crippen LogP contribution >= 0.6 is 0 Å². The van der Waals surface area contributed by atoms with Crippen molar-refractivity contribution in [1.29, 1.82) is 0 Å². The highest BCUT2D eigenvalue weighted by atomic mass is 32.2. The van der Waals surface area contributed by atoms with Gasteiger partial charge in [0.1, 0.15) is 18.1 Å². The van der Waals surface area contributed by atoms with Gasteiger partial charge in [-0.2, -0.15) is 13.4 Å². The molecule has 0 radical (unpaired) electrons. The fourth-order valence-corrected chi connectivity index (χ4v) is 5.80. The van der Waals surface area contributed by atoms with Crippen LogP contribution in [0.3, 0.4) is 0 Å². The number of ether oxygens (including phenoxy) is 1. The van der Waals surface area contributed by atoms with Crippen LogP contribution in [0.4, 0.5) is 5.82 Å². The fourth-order valence-electron chi connectivity index (χ4n) is 4.87. The highest BCUT2D eigenvalue weighted by Crippen LogP contribution is 2.37. The number of rotatable bonds is 8. The van der Waals surface area contributed by atoms with E-state index in [0.29, 0.717) is 23.2 Å². The van der Waals surface area contributed by atoms with E-state index in [1.165, 1.54) is 18.2 Å². The van der Waals surface area contributed by atoms with E-state index >= 15 is 0 Å². The van der Waals surface area contributed by atoms with Crippen LogP contribution in [0.5, 0.6) is 5.88 Å². The quantitative estimate of drug-likeness (QED) is 0.340. The zero-order valence-electron chi connectivity index (χ0n) is 21.9. The summed E-state index contributed by atoms with van der Waals surface area (Å²) < 4.78 is 39.4. The minimum atomic E-state index is -4.30. The number of pyridine rings is 2. The fraction of sp³-hybridized carbons (Fsp3) is 0.286. The van der Waals surface area contributed by atoms with Crippen molar-refractivity contribution >= 4 is 21.7 Å². The molecule has 1 aliphatic rings. The first-order valence-electron chi connectivity index (χ1n) is 12.5. The van der Waals surface area contributed by atoms with Crippen molar-refractivity contribution in [2.75, 3.05) is 11.4 Å². The van der Waals surface area contributed by atoms with Gasteiger partial charge in [-0.1, -0.05) is 48.5 Å². The second-order valence-electron chi connectivity index (χ2n) is 10.2.